The van der Waals surface area contributed by atoms with E-state index in [-0.39, 0.29) is 22.8 Å². The van der Waals surface area contributed by atoms with Crippen LogP contribution in [0.3, 0.4) is 0 Å². The summed E-state index contributed by atoms with van der Waals surface area (Å²) in [6.07, 6.45) is 1.23. The second-order valence-corrected chi connectivity index (χ2v) is 7.58. The maximum absolute atomic E-state index is 14.2. The van der Waals surface area contributed by atoms with Crippen LogP contribution in [-0.4, -0.2) is 30.9 Å². The molecule has 0 aromatic heterocycles. The quantitative estimate of drug-likeness (QED) is 0.259. The molecule has 9 heteroatoms. The van der Waals surface area contributed by atoms with E-state index in [1.807, 2.05) is 18.3 Å². The molecule has 1 aliphatic rings. The number of aryl methyl sites for hydroxylation is 1. The highest BCUT2D eigenvalue weighted by Gasteiger charge is 2.38. The Morgan fingerprint density at radius 2 is 1.74 bits per heavy atom. The zero-order valence-corrected chi connectivity index (χ0v) is 18.7. The van der Waals surface area contributed by atoms with Crippen LogP contribution in [0.5, 0.6) is 11.5 Å². The number of amides is 4. The van der Waals surface area contributed by atoms with Crippen molar-refractivity contribution in [3.63, 3.8) is 0 Å². The van der Waals surface area contributed by atoms with Gasteiger partial charge < -0.3 is 9.47 Å². The van der Waals surface area contributed by atoms with Gasteiger partial charge in [-0.1, -0.05) is 35.9 Å². The van der Waals surface area contributed by atoms with Crippen molar-refractivity contribution in [2.24, 2.45) is 0 Å². The highest BCUT2D eigenvalue weighted by molar-refractivity contribution is 6.39. The maximum atomic E-state index is 14.2. The van der Waals surface area contributed by atoms with Crippen LogP contribution in [0.15, 0.2) is 72.3 Å². The Bertz CT molecular complexity index is 1400. The van der Waals surface area contributed by atoms with Crippen LogP contribution < -0.4 is 19.7 Å². The first kappa shape index (κ1) is 23.4. The number of urea groups is 1. The number of hydrogen-bond acceptors (Lipinski definition) is 6. The molecule has 0 saturated carbocycles. The highest BCUT2D eigenvalue weighted by atomic mass is 19.1. The number of carbonyl (C=O) groups is 4. The monoisotopic (exact) mass is 474 g/mol. The van der Waals surface area contributed by atoms with E-state index in [4.69, 9.17) is 9.47 Å². The van der Waals surface area contributed by atoms with Crippen LogP contribution in [0.1, 0.15) is 21.5 Å². The average Bonchev–Trinajstić information content (AvgIpc) is 2.83. The first-order valence-corrected chi connectivity index (χ1v) is 10.4. The topological polar surface area (TPSA) is 102 Å². The summed E-state index contributed by atoms with van der Waals surface area (Å²) in [5, 5.41) is 2.04. The van der Waals surface area contributed by atoms with Gasteiger partial charge >= 0.3 is 12.0 Å². The summed E-state index contributed by atoms with van der Waals surface area (Å²) in [5.41, 5.74) is 0.926. The number of barbiturate groups is 1. The molecule has 0 atom stereocenters. The van der Waals surface area contributed by atoms with E-state index in [9.17, 15) is 23.6 Å². The minimum atomic E-state index is -1.06. The number of halogens is 1. The first-order valence-electron chi connectivity index (χ1n) is 10.4. The molecule has 0 spiro atoms. The number of ether oxygens (including phenoxy) is 2. The van der Waals surface area contributed by atoms with Gasteiger partial charge in [0.2, 0.25) is 0 Å². The summed E-state index contributed by atoms with van der Waals surface area (Å²) < 4.78 is 25.0. The van der Waals surface area contributed by atoms with Gasteiger partial charge in [0.25, 0.3) is 11.8 Å². The molecular formula is C26H19FN2O6. The van der Waals surface area contributed by atoms with E-state index in [0.717, 1.165) is 11.6 Å². The number of hydrogen-bond donors (Lipinski definition) is 1. The zero-order chi connectivity index (χ0) is 25.1. The number of esters is 1. The largest absolute Gasteiger partial charge is 0.493 e. The molecule has 3 aromatic rings. The first-order chi connectivity index (χ1) is 16.8. The Labute approximate surface area is 199 Å². The Morgan fingerprint density at radius 1 is 0.971 bits per heavy atom. The van der Waals surface area contributed by atoms with Crippen molar-refractivity contribution in [3.05, 3.63) is 94.8 Å². The normalized spacial score (nSPS) is 14.7. The third kappa shape index (κ3) is 4.79. The Hall–Kier alpha value is -4.79. The van der Waals surface area contributed by atoms with Gasteiger partial charge in [0, 0.05) is 0 Å². The van der Waals surface area contributed by atoms with Crippen molar-refractivity contribution >= 4 is 35.6 Å². The molecule has 0 bridgehead atoms. The van der Waals surface area contributed by atoms with Gasteiger partial charge in [0.1, 0.15) is 11.4 Å². The Balaban J connectivity index is 1.64. The minimum Gasteiger partial charge on any atom is -0.493 e. The van der Waals surface area contributed by atoms with Crippen LogP contribution in [0.2, 0.25) is 0 Å². The zero-order valence-electron chi connectivity index (χ0n) is 18.7. The van der Waals surface area contributed by atoms with Gasteiger partial charge in [-0.3, -0.25) is 14.9 Å². The summed E-state index contributed by atoms with van der Waals surface area (Å²) in [7, 11) is 1.37. The van der Waals surface area contributed by atoms with Crippen molar-refractivity contribution < 1.29 is 33.0 Å². The van der Waals surface area contributed by atoms with Gasteiger partial charge in [0.05, 0.1) is 18.4 Å². The van der Waals surface area contributed by atoms with Crippen molar-refractivity contribution in [1.29, 1.82) is 0 Å². The molecule has 0 radical (unpaired) electrons. The second kappa shape index (κ2) is 9.60. The number of imide groups is 2. The Morgan fingerprint density at radius 3 is 2.46 bits per heavy atom. The fourth-order valence-corrected chi connectivity index (χ4v) is 3.47. The van der Waals surface area contributed by atoms with Crippen LogP contribution in [0, 0.1) is 12.7 Å². The lowest BCUT2D eigenvalue weighted by atomic mass is 10.1. The molecule has 4 amide bonds. The highest BCUT2D eigenvalue weighted by Crippen LogP contribution is 2.31. The van der Waals surface area contributed by atoms with Crippen LogP contribution >= 0.6 is 0 Å². The molecule has 1 saturated heterocycles. The van der Waals surface area contributed by atoms with Crippen LogP contribution in [0.4, 0.5) is 14.9 Å². The van der Waals surface area contributed by atoms with E-state index in [1.165, 1.54) is 49.6 Å². The van der Waals surface area contributed by atoms with Crippen molar-refractivity contribution in [2.45, 2.75) is 6.92 Å². The lowest BCUT2D eigenvalue weighted by molar-refractivity contribution is -0.122. The van der Waals surface area contributed by atoms with Crippen LogP contribution in [0.25, 0.3) is 6.08 Å². The number of benzene rings is 3. The standard InChI is InChI=1S/C26H19FN2O6/c1-15-6-5-7-17(12-15)25(32)35-21-11-10-16(14-22(21)34-2)13-18-23(30)28-26(33)29(24(18)31)20-9-4-3-8-19(20)27/h3-14H,1-2H3,(H,28,30,33)/b18-13+. The van der Waals surface area contributed by atoms with Gasteiger partial charge in [-0.05, 0) is 55.0 Å². The molecule has 3 aromatic carbocycles. The fraction of sp³-hybridized carbons (Fsp3) is 0.0769. The lowest BCUT2D eigenvalue weighted by Gasteiger charge is -2.26. The number of carbonyl (C=O) groups excluding carboxylic acids is 4. The molecule has 1 aliphatic heterocycles. The molecule has 4 rings (SSSR count). The summed E-state index contributed by atoms with van der Waals surface area (Å²) in [6.45, 7) is 1.85. The average molecular weight is 474 g/mol. The van der Waals surface area contributed by atoms with E-state index < -0.39 is 29.6 Å². The van der Waals surface area contributed by atoms with E-state index >= 15 is 0 Å². The van der Waals surface area contributed by atoms with Gasteiger partial charge in [-0.15, -0.1) is 0 Å². The van der Waals surface area contributed by atoms with E-state index in [2.05, 4.69) is 0 Å². The third-order valence-corrected chi connectivity index (χ3v) is 5.15. The van der Waals surface area contributed by atoms with Gasteiger partial charge in [0.15, 0.2) is 11.5 Å². The number of nitrogens with one attached hydrogen (secondary N) is 1. The van der Waals surface area contributed by atoms with Crippen LogP contribution in [-0.2, 0) is 9.59 Å². The lowest BCUT2D eigenvalue weighted by Crippen LogP contribution is -2.54. The van der Waals surface area contributed by atoms with Crippen molar-refractivity contribution in [1.82, 2.24) is 5.32 Å². The molecule has 1 N–H and O–H groups in total. The molecule has 0 aliphatic carbocycles. The third-order valence-electron chi connectivity index (χ3n) is 5.15. The number of methoxy groups -OCH3 is 1. The molecule has 1 heterocycles. The molecule has 8 nitrogen and oxygen atoms in total. The summed E-state index contributed by atoms with van der Waals surface area (Å²) in [6, 6.07) is 15.5. The number of rotatable bonds is 5. The van der Waals surface area contributed by atoms with Crippen molar-refractivity contribution in [3.8, 4) is 11.5 Å². The molecule has 0 unspecified atom stereocenters. The maximum Gasteiger partial charge on any atom is 0.343 e. The summed E-state index contributed by atoms with van der Waals surface area (Å²) >= 11 is 0. The van der Waals surface area contributed by atoms with E-state index in [0.29, 0.717) is 16.0 Å². The smallest absolute Gasteiger partial charge is 0.343 e. The number of para-hydroxylation sites is 1. The van der Waals surface area contributed by atoms with Crippen molar-refractivity contribution in [2.75, 3.05) is 12.0 Å². The summed E-state index contributed by atoms with van der Waals surface area (Å²) in [4.78, 5) is 50.7. The molecule has 1 fully saturated rings. The summed E-state index contributed by atoms with van der Waals surface area (Å²) in [5.74, 6) is -3.00. The van der Waals surface area contributed by atoms with E-state index in [1.54, 1.807) is 18.2 Å². The number of anilines is 1. The predicted octanol–water partition coefficient (Wildman–Crippen LogP) is 4.03. The SMILES string of the molecule is COc1cc(/C=C2\C(=O)NC(=O)N(c3ccccc3F)C2=O)ccc1OC(=O)c1cccc(C)c1. The van der Waals surface area contributed by atoms with Gasteiger partial charge in [-0.2, -0.15) is 0 Å². The van der Waals surface area contributed by atoms with Gasteiger partial charge in [-0.25, -0.2) is 18.9 Å². The molecule has 35 heavy (non-hydrogen) atoms. The number of nitrogens with zero attached hydrogens (tertiary/aromatic N) is 1. The molecular weight excluding hydrogens is 455 g/mol. The molecule has 176 valence electrons. The second-order valence-electron chi connectivity index (χ2n) is 7.58. The predicted molar refractivity (Wildman–Crippen MR) is 125 cm³/mol. The fourth-order valence-electron chi connectivity index (χ4n) is 3.47. The minimum absolute atomic E-state index is 0.128. The Kier molecular flexibility index (Phi) is 6.41.